The summed E-state index contributed by atoms with van der Waals surface area (Å²) < 4.78 is 5.72. The van der Waals surface area contributed by atoms with Crippen LogP contribution >= 0.6 is 0 Å². The number of hydrogen-bond acceptors (Lipinski definition) is 2. The van der Waals surface area contributed by atoms with Crippen LogP contribution in [0.1, 0.15) is 18.9 Å². The Balaban J connectivity index is 1.80. The minimum Gasteiger partial charge on any atom is -0.481 e. The molecule has 0 bridgehead atoms. The quantitative estimate of drug-likeness (QED) is 0.847. The van der Waals surface area contributed by atoms with Crippen molar-refractivity contribution >= 4 is 5.91 Å². The fourth-order valence-corrected chi connectivity index (χ4v) is 2.07. The second-order valence-corrected chi connectivity index (χ2v) is 4.85. The number of carbonyl (C=O) groups is 1. The molecule has 0 aliphatic carbocycles. The van der Waals surface area contributed by atoms with Crippen LogP contribution < -0.4 is 10.1 Å². The van der Waals surface area contributed by atoms with Crippen LogP contribution in [0.25, 0.3) is 0 Å². The minimum atomic E-state index is -0.442. The van der Waals surface area contributed by atoms with Gasteiger partial charge in [0.1, 0.15) is 5.75 Å². The summed E-state index contributed by atoms with van der Waals surface area (Å²) in [7, 11) is 0. The predicted molar refractivity (Wildman–Crippen MR) is 84.3 cm³/mol. The van der Waals surface area contributed by atoms with E-state index in [1.165, 1.54) is 5.56 Å². The maximum Gasteiger partial charge on any atom is 0.261 e. The number of carbonyl (C=O) groups excluding carboxylic acids is 1. The van der Waals surface area contributed by atoms with Crippen LogP contribution in [0, 0.1) is 0 Å². The second-order valence-electron chi connectivity index (χ2n) is 4.85. The molecule has 0 saturated heterocycles. The molecule has 1 amide bonds. The third-order valence-corrected chi connectivity index (χ3v) is 3.24. The molecule has 110 valence electrons. The lowest BCUT2D eigenvalue weighted by Crippen LogP contribution is -2.38. The fraction of sp³-hybridized carbons (Fsp3) is 0.278. The van der Waals surface area contributed by atoms with Gasteiger partial charge in [-0.15, -0.1) is 0 Å². The molecule has 0 fully saturated rings. The van der Waals surface area contributed by atoms with E-state index in [2.05, 4.69) is 17.4 Å². The van der Waals surface area contributed by atoms with Crippen LogP contribution in [0.5, 0.6) is 5.75 Å². The Kier molecular flexibility index (Phi) is 5.83. The molecule has 0 aromatic heterocycles. The van der Waals surface area contributed by atoms with Crippen molar-refractivity contribution in [3.05, 3.63) is 66.2 Å². The zero-order chi connectivity index (χ0) is 14.9. The molecule has 1 atom stereocenters. The zero-order valence-corrected chi connectivity index (χ0v) is 12.3. The fourth-order valence-electron chi connectivity index (χ4n) is 2.07. The van der Waals surface area contributed by atoms with Crippen LogP contribution in [-0.4, -0.2) is 18.6 Å². The molecule has 21 heavy (non-hydrogen) atoms. The molecular formula is C18H21NO2. The van der Waals surface area contributed by atoms with E-state index in [1.807, 2.05) is 55.5 Å². The number of benzene rings is 2. The normalized spacial score (nSPS) is 11.7. The number of nitrogens with one attached hydrogen (secondary N) is 1. The first-order valence-electron chi connectivity index (χ1n) is 7.33. The van der Waals surface area contributed by atoms with Gasteiger partial charge >= 0.3 is 0 Å². The lowest BCUT2D eigenvalue weighted by molar-refractivity contribution is -0.128. The van der Waals surface area contributed by atoms with Crippen molar-refractivity contribution in [2.24, 2.45) is 0 Å². The summed E-state index contributed by atoms with van der Waals surface area (Å²) in [5.41, 5.74) is 1.22. The Morgan fingerprint density at radius 1 is 1.05 bits per heavy atom. The van der Waals surface area contributed by atoms with E-state index in [-0.39, 0.29) is 5.91 Å². The van der Waals surface area contributed by atoms with Crippen molar-refractivity contribution in [2.45, 2.75) is 25.9 Å². The van der Waals surface area contributed by atoms with Crippen molar-refractivity contribution in [1.82, 2.24) is 5.32 Å². The molecule has 0 unspecified atom stereocenters. The average Bonchev–Trinajstić information content (AvgIpc) is 2.54. The van der Waals surface area contributed by atoms with Crippen molar-refractivity contribution in [3.8, 4) is 5.75 Å². The van der Waals surface area contributed by atoms with Crippen LogP contribution in [0.15, 0.2) is 60.7 Å². The van der Waals surface area contributed by atoms with Crippen LogP contribution in [0.3, 0.4) is 0 Å². The first-order chi connectivity index (χ1) is 10.3. The van der Waals surface area contributed by atoms with Crippen molar-refractivity contribution in [1.29, 1.82) is 0 Å². The maximum atomic E-state index is 12.1. The molecule has 0 aliphatic heterocycles. The van der Waals surface area contributed by atoms with Gasteiger partial charge in [-0.05, 0) is 30.5 Å². The summed E-state index contributed by atoms with van der Waals surface area (Å²) in [6, 6.07) is 19.6. The summed E-state index contributed by atoms with van der Waals surface area (Å²) in [4.78, 5) is 12.1. The van der Waals surface area contributed by atoms with E-state index in [9.17, 15) is 4.79 Å². The molecule has 1 N–H and O–H groups in total. The Morgan fingerprint density at radius 2 is 1.67 bits per heavy atom. The first-order valence-corrected chi connectivity index (χ1v) is 7.33. The number of rotatable bonds is 7. The van der Waals surface area contributed by atoms with Gasteiger partial charge in [0.2, 0.25) is 0 Å². The molecule has 3 nitrogen and oxygen atoms in total. The van der Waals surface area contributed by atoms with E-state index < -0.39 is 6.10 Å². The van der Waals surface area contributed by atoms with Crippen molar-refractivity contribution in [2.75, 3.05) is 6.54 Å². The average molecular weight is 283 g/mol. The minimum absolute atomic E-state index is 0.0581. The molecule has 2 rings (SSSR count). The molecule has 0 heterocycles. The summed E-state index contributed by atoms with van der Waals surface area (Å²) in [6.07, 6.45) is 1.03. The number of para-hydroxylation sites is 1. The lowest BCUT2D eigenvalue weighted by Gasteiger charge is -2.17. The largest absolute Gasteiger partial charge is 0.481 e. The van der Waals surface area contributed by atoms with Crippen LogP contribution in [0.2, 0.25) is 0 Å². The second kappa shape index (κ2) is 8.10. The first kappa shape index (κ1) is 15.1. The highest BCUT2D eigenvalue weighted by Crippen LogP contribution is 2.12. The van der Waals surface area contributed by atoms with Crippen molar-refractivity contribution < 1.29 is 9.53 Å². The summed E-state index contributed by atoms with van der Waals surface area (Å²) in [5, 5.41) is 2.94. The van der Waals surface area contributed by atoms with Gasteiger partial charge in [-0.25, -0.2) is 0 Å². The standard InChI is InChI=1S/C18H21NO2/c1-2-17(21-16-11-7-4-8-12-16)18(20)19-14-13-15-9-5-3-6-10-15/h3-12,17H,2,13-14H2,1H3,(H,19,20)/t17-/m1/s1. The molecule has 2 aromatic rings. The van der Waals surface area contributed by atoms with Gasteiger partial charge in [0.05, 0.1) is 0 Å². The van der Waals surface area contributed by atoms with Gasteiger partial charge in [0.15, 0.2) is 6.10 Å². The van der Waals surface area contributed by atoms with Crippen LogP contribution in [0.4, 0.5) is 0 Å². The third-order valence-electron chi connectivity index (χ3n) is 3.24. The van der Waals surface area contributed by atoms with Gasteiger partial charge in [-0.2, -0.15) is 0 Å². The third kappa shape index (κ3) is 4.95. The highest BCUT2D eigenvalue weighted by atomic mass is 16.5. The summed E-state index contributed by atoms with van der Waals surface area (Å²) >= 11 is 0. The summed E-state index contributed by atoms with van der Waals surface area (Å²) in [5.74, 6) is 0.667. The topological polar surface area (TPSA) is 38.3 Å². The van der Waals surface area contributed by atoms with E-state index in [1.54, 1.807) is 0 Å². The van der Waals surface area contributed by atoms with Crippen molar-refractivity contribution in [3.63, 3.8) is 0 Å². The molecule has 0 spiro atoms. The zero-order valence-electron chi connectivity index (χ0n) is 12.3. The number of hydrogen-bond donors (Lipinski definition) is 1. The number of amides is 1. The van der Waals surface area contributed by atoms with Crippen LogP contribution in [-0.2, 0) is 11.2 Å². The summed E-state index contributed by atoms with van der Waals surface area (Å²) in [6.45, 7) is 2.57. The molecule has 0 radical (unpaired) electrons. The van der Waals surface area contributed by atoms with Gasteiger partial charge in [0, 0.05) is 6.54 Å². The molecular weight excluding hydrogens is 262 g/mol. The van der Waals surface area contributed by atoms with E-state index >= 15 is 0 Å². The predicted octanol–water partition coefficient (Wildman–Crippen LogP) is 3.20. The SMILES string of the molecule is CC[C@@H](Oc1ccccc1)C(=O)NCCc1ccccc1. The lowest BCUT2D eigenvalue weighted by atomic mass is 10.1. The molecule has 0 aliphatic rings. The maximum absolute atomic E-state index is 12.1. The van der Waals surface area contributed by atoms with Gasteiger partial charge in [0.25, 0.3) is 5.91 Å². The highest BCUT2D eigenvalue weighted by molar-refractivity contribution is 5.81. The Bertz CT molecular complexity index is 540. The van der Waals surface area contributed by atoms with E-state index in [4.69, 9.17) is 4.74 Å². The number of ether oxygens (including phenoxy) is 1. The highest BCUT2D eigenvalue weighted by Gasteiger charge is 2.17. The molecule has 0 saturated carbocycles. The van der Waals surface area contributed by atoms with Gasteiger partial charge in [-0.1, -0.05) is 55.5 Å². The van der Waals surface area contributed by atoms with Gasteiger partial charge < -0.3 is 10.1 Å². The molecule has 3 heteroatoms. The monoisotopic (exact) mass is 283 g/mol. The Hall–Kier alpha value is -2.29. The van der Waals surface area contributed by atoms with E-state index in [0.29, 0.717) is 13.0 Å². The smallest absolute Gasteiger partial charge is 0.261 e. The van der Waals surface area contributed by atoms with Gasteiger partial charge in [-0.3, -0.25) is 4.79 Å². The van der Waals surface area contributed by atoms with E-state index in [0.717, 1.165) is 12.2 Å². The Labute approximate surface area is 126 Å². The Morgan fingerprint density at radius 3 is 2.29 bits per heavy atom. The molecule has 2 aromatic carbocycles.